The molecular weight excluding hydrogens is 301 g/mol. The number of amides is 2. The van der Waals surface area contributed by atoms with Crippen LogP contribution in [0, 0.1) is 0 Å². The molecule has 0 saturated carbocycles. The minimum atomic E-state index is -4.50. The molecule has 0 fully saturated rings. The van der Waals surface area contributed by atoms with Gasteiger partial charge in [-0.2, -0.15) is 23.2 Å². The molecule has 112 valence electrons. The number of rotatable bonds is 2. The van der Waals surface area contributed by atoms with E-state index in [-0.39, 0.29) is 28.7 Å². The Morgan fingerprint density at radius 1 is 1.09 bits per heavy atom. The molecule has 1 aromatic carbocycles. The fraction of sp³-hybridized carbons (Fsp3) is 0.154. The van der Waals surface area contributed by atoms with Crippen molar-refractivity contribution in [3.05, 3.63) is 29.3 Å². The summed E-state index contributed by atoms with van der Waals surface area (Å²) in [6, 6.07) is 2.23. The van der Waals surface area contributed by atoms with E-state index < -0.39 is 17.8 Å². The number of methoxy groups -OCH3 is 1. The van der Waals surface area contributed by atoms with Crippen molar-refractivity contribution in [1.82, 2.24) is 0 Å². The summed E-state index contributed by atoms with van der Waals surface area (Å²) in [4.78, 5) is 26.1. The maximum Gasteiger partial charge on any atom is 0.416 e. The van der Waals surface area contributed by atoms with Crippen LogP contribution in [0.2, 0.25) is 0 Å². The molecule has 0 bridgehead atoms. The summed E-state index contributed by atoms with van der Waals surface area (Å²) in [6.07, 6.45) is -3.34. The first-order valence-electron chi connectivity index (χ1n) is 5.98. The van der Waals surface area contributed by atoms with Gasteiger partial charge in [0.15, 0.2) is 11.7 Å². The average Bonchev–Trinajstić information content (AvgIpc) is 2.88. The smallest absolute Gasteiger partial charge is 0.416 e. The van der Waals surface area contributed by atoms with E-state index in [4.69, 9.17) is 4.74 Å². The number of halogens is 3. The van der Waals surface area contributed by atoms with E-state index in [2.05, 4.69) is 20.0 Å². The minimum absolute atomic E-state index is 0.0159. The SMILES string of the molecule is COc1ccc(C(F)(F)F)cc1C1=NC2=NC(=O)N=CC2=N1. The third kappa shape index (κ3) is 2.41. The number of aliphatic imine (C=N–C) groups is 4. The molecule has 0 atom stereocenters. The maximum atomic E-state index is 12.8. The molecule has 2 heterocycles. The number of fused-ring (bicyclic) bond motifs is 1. The number of carbonyl (C=O) groups excluding carboxylic acids is 1. The number of benzene rings is 1. The van der Waals surface area contributed by atoms with Gasteiger partial charge in [0.2, 0.25) is 0 Å². The Balaban J connectivity index is 2.11. The summed E-state index contributed by atoms with van der Waals surface area (Å²) >= 11 is 0. The molecular formula is C13H7F3N4O2. The Morgan fingerprint density at radius 2 is 1.86 bits per heavy atom. The molecule has 6 nitrogen and oxygen atoms in total. The van der Waals surface area contributed by atoms with Gasteiger partial charge in [0.25, 0.3) is 0 Å². The number of hydrogen-bond acceptors (Lipinski definition) is 4. The third-order valence-corrected chi connectivity index (χ3v) is 2.93. The van der Waals surface area contributed by atoms with E-state index in [9.17, 15) is 18.0 Å². The average molecular weight is 308 g/mol. The van der Waals surface area contributed by atoms with Gasteiger partial charge < -0.3 is 4.74 Å². The summed E-state index contributed by atoms with van der Waals surface area (Å²) in [5.74, 6) is 0.186. The molecule has 0 unspecified atom stereocenters. The monoisotopic (exact) mass is 308 g/mol. The Bertz CT molecular complexity index is 791. The molecule has 2 amide bonds. The Hall–Kier alpha value is -2.84. The highest BCUT2D eigenvalue weighted by Gasteiger charge is 2.32. The lowest BCUT2D eigenvalue weighted by atomic mass is 10.1. The van der Waals surface area contributed by atoms with E-state index >= 15 is 0 Å². The van der Waals surface area contributed by atoms with E-state index in [1.165, 1.54) is 19.4 Å². The molecule has 2 aliphatic rings. The zero-order valence-electron chi connectivity index (χ0n) is 11.0. The summed E-state index contributed by atoms with van der Waals surface area (Å²) in [6.45, 7) is 0. The third-order valence-electron chi connectivity index (χ3n) is 2.93. The molecule has 0 aliphatic carbocycles. The number of hydrogen-bond donors (Lipinski definition) is 0. The molecule has 9 heteroatoms. The van der Waals surface area contributed by atoms with Crippen LogP contribution in [0.5, 0.6) is 5.75 Å². The van der Waals surface area contributed by atoms with Gasteiger partial charge in [0.1, 0.15) is 11.5 Å². The first-order valence-corrected chi connectivity index (χ1v) is 5.98. The van der Waals surface area contributed by atoms with Crippen LogP contribution in [0.15, 0.2) is 38.2 Å². The van der Waals surface area contributed by atoms with E-state index in [0.717, 1.165) is 12.1 Å². The zero-order valence-corrected chi connectivity index (χ0v) is 11.0. The minimum Gasteiger partial charge on any atom is -0.496 e. The number of urea groups is 1. The van der Waals surface area contributed by atoms with Crippen molar-refractivity contribution in [3.63, 3.8) is 0 Å². The van der Waals surface area contributed by atoms with Crippen LogP contribution in [-0.4, -0.2) is 36.7 Å². The van der Waals surface area contributed by atoms with Crippen LogP contribution in [0.25, 0.3) is 0 Å². The fourth-order valence-electron chi connectivity index (χ4n) is 1.93. The van der Waals surface area contributed by atoms with Crippen molar-refractivity contribution in [2.24, 2.45) is 20.0 Å². The molecule has 0 aromatic heterocycles. The predicted octanol–water partition coefficient (Wildman–Crippen LogP) is 2.52. The lowest BCUT2D eigenvalue weighted by Crippen LogP contribution is -2.16. The Labute approximate surface area is 121 Å². The van der Waals surface area contributed by atoms with Crippen LogP contribution in [0.3, 0.4) is 0 Å². The normalized spacial score (nSPS) is 16.9. The van der Waals surface area contributed by atoms with E-state index in [1.807, 2.05) is 0 Å². The second-order valence-electron chi connectivity index (χ2n) is 4.32. The van der Waals surface area contributed by atoms with Gasteiger partial charge in [0, 0.05) is 0 Å². The lowest BCUT2D eigenvalue weighted by molar-refractivity contribution is -0.137. The van der Waals surface area contributed by atoms with Crippen molar-refractivity contribution in [2.45, 2.75) is 6.18 Å². The standard InChI is InChI=1S/C13H7F3N4O2/c1-22-9-3-2-6(13(14,15)16)4-7(9)10-18-8-5-17-12(21)20-11(8)19-10/h2-5H,1H3. The molecule has 22 heavy (non-hydrogen) atoms. The van der Waals surface area contributed by atoms with Crippen LogP contribution in [0.1, 0.15) is 11.1 Å². The molecule has 0 N–H and O–H groups in total. The summed E-state index contributed by atoms with van der Waals surface area (Å²) in [5, 5.41) is 0. The van der Waals surface area contributed by atoms with Crippen LogP contribution < -0.4 is 4.74 Å². The van der Waals surface area contributed by atoms with Crippen molar-refractivity contribution >= 4 is 29.6 Å². The van der Waals surface area contributed by atoms with E-state index in [0.29, 0.717) is 0 Å². The number of carbonyl (C=O) groups is 1. The molecule has 3 rings (SSSR count). The highest BCUT2D eigenvalue weighted by Crippen LogP contribution is 2.33. The van der Waals surface area contributed by atoms with Crippen molar-refractivity contribution < 1.29 is 22.7 Å². The second kappa shape index (κ2) is 4.86. The van der Waals surface area contributed by atoms with Gasteiger partial charge in [0.05, 0.1) is 24.5 Å². The summed E-state index contributed by atoms with van der Waals surface area (Å²) in [5.41, 5.74) is -0.579. The quantitative estimate of drug-likeness (QED) is 0.841. The van der Waals surface area contributed by atoms with Gasteiger partial charge in [-0.15, -0.1) is 0 Å². The second-order valence-corrected chi connectivity index (χ2v) is 4.32. The number of amidine groups is 2. The van der Waals surface area contributed by atoms with Gasteiger partial charge in [-0.05, 0) is 18.2 Å². The number of nitrogens with zero attached hydrogens (tertiary/aromatic N) is 4. The molecule has 2 aliphatic heterocycles. The predicted molar refractivity (Wildman–Crippen MR) is 73.3 cm³/mol. The fourth-order valence-corrected chi connectivity index (χ4v) is 1.93. The lowest BCUT2D eigenvalue weighted by Gasteiger charge is -2.11. The highest BCUT2D eigenvalue weighted by molar-refractivity contribution is 6.68. The van der Waals surface area contributed by atoms with Gasteiger partial charge in [-0.1, -0.05) is 0 Å². The van der Waals surface area contributed by atoms with Crippen LogP contribution >= 0.6 is 0 Å². The summed E-state index contributed by atoms with van der Waals surface area (Å²) in [7, 11) is 1.32. The van der Waals surface area contributed by atoms with Gasteiger partial charge in [-0.25, -0.2) is 14.8 Å². The largest absolute Gasteiger partial charge is 0.496 e. The topological polar surface area (TPSA) is 75.7 Å². The Kier molecular flexibility index (Phi) is 3.12. The van der Waals surface area contributed by atoms with E-state index in [1.54, 1.807) is 0 Å². The van der Waals surface area contributed by atoms with Crippen LogP contribution in [-0.2, 0) is 6.18 Å². The number of alkyl halides is 3. The molecule has 0 spiro atoms. The molecule has 0 radical (unpaired) electrons. The zero-order chi connectivity index (χ0) is 15.9. The van der Waals surface area contributed by atoms with Crippen molar-refractivity contribution in [1.29, 1.82) is 0 Å². The van der Waals surface area contributed by atoms with Crippen molar-refractivity contribution in [3.8, 4) is 5.75 Å². The Morgan fingerprint density at radius 3 is 2.55 bits per heavy atom. The van der Waals surface area contributed by atoms with Crippen LogP contribution in [0.4, 0.5) is 18.0 Å². The molecule has 1 aromatic rings. The summed E-state index contributed by atoms with van der Waals surface area (Å²) < 4.78 is 43.5. The first-order chi connectivity index (χ1) is 10.4. The maximum absolute atomic E-state index is 12.8. The molecule has 0 saturated heterocycles. The highest BCUT2D eigenvalue weighted by atomic mass is 19.4. The van der Waals surface area contributed by atoms with Gasteiger partial charge in [-0.3, -0.25) is 0 Å². The van der Waals surface area contributed by atoms with Crippen molar-refractivity contribution in [2.75, 3.05) is 7.11 Å². The number of ether oxygens (including phenoxy) is 1. The first kappa shape index (κ1) is 14.1. The van der Waals surface area contributed by atoms with Gasteiger partial charge >= 0.3 is 12.2 Å².